The first-order valence-electron chi connectivity index (χ1n) is 10.6. The minimum atomic E-state index is -0.344. The van der Waals surface area contributed by atoms with E-state index in [2.05, 4.69) is 12.2 Å². The standard InChI is InChI=1S/C25H30N2O5/c1-17-10-12-27(13-11-17)25(29)20(26-24(28)19-8-6-5-7-9-19)14-18-15-21(30-2)23(32-4)22(16-18)31-3/h5-9,14-17H,10-13H2,1-4H3,(H,26,28). The van der Waals surface area contributed by atoms with Crippen molar-refractivity contribution in [3.8, 4) is 17.2 Å². The van der Waals surface area contributed by atoms with Crippen molar-refractivity contribution < 1.29 is 23.8 Å². The van der Waals surface area contributed by atoms with Crippen LogP contribution in [0.1, 0.15) is 35.7 Å². The SMILES string of the molecule is COc1cc(C=C(NC(=O)c2ccccc2)C(=O)N2CCC(C)CC2)cc(OC)c1OC. The van der Waals surface area contributed by atoms with Crippen molar-refractivity contribution in [1.29, 1.82) is 0 Å². The molecule has 1 fully saturated rings. The molecule has 1 aliphatic rings. The minimum absolute atomic E-state index is 0.197. The van der Waals surface area contributed by atoms with Gasteiger partial charge in [-0.1, -0.05) is 25.1 Å². The second-order valence-electron chi connectivity index (χ2n) is 7.81. The second-order valence-corrected chi connectivity index (χ2v) is 7.81. The minimum Gasteiger partial charge on any atom is -0.493 e. The van der Waals surface area contributed by atoms with E-state index in [9.17, 15) is 9.59 Å². The van der Waals surface area contributed by atoms with Gasteiger partial charge in [0.2, 0.25) is 5.75 Å². The number of benzene rings is 2. The van der Waals surface area contributed by atoms with Crippen LogP contribution in [0.4, 0.5) is 0 Å². The van der Waals surface area contributed by atoms with Gasteiger partial charge in [0.25, 0.3) is 11.8 Å². The van der Waals surface area contributed by atoms with Crippen molar-refractivity contribution in [2.24, 2.45) is 5.92 Å². The van der Waals surface area contributed by atoms with E-state index in [1.165, 1.54) is 21.3 Å². The predicted molar refractivity (Wildman–Crippen MR) is 123 cm³/mol. The van der Waals surface area contributed by atoms with E-state index in [4.69, 9.17) is 14.2 Å². The zero-order valence-electron chi connectivity index (χ0n) is 19.0. The van der Waals surface area contributed by atoms with Crippen molar-refractivity contribution in [3.63, 3.8) is 0 Å². The number of nitrogens with zero attached hydrogens (tertiary/aromatic N) is 1. The topological polar surface area (TPSA) is 77.1 Å². The number of hydrogen-bond acceptors (Lipinski definition) is 5. The van der Waals surface area contributed by atoms with Gasteiger partial charge in [-0.3, -0.25) is 9.59 Å². The normalized spacial score (nSPS) is 14.6. The lowest BCUT2D eigenvalue weighted by molar-refractivity contribution is -0.128. The largest absolute Gasteiger partial charge is 0.493 e. The van der Waals surface area contributed by atoms with E-state index in [0.717, 1.165) is 12.8 Å². The molecule has 0 atom stereocenters. The van der Waals surface area contributed by atoms with Gasteiger partial charge in [-0.2, -0.15) is 0 Å². The van der Waals surface area contributed by atoms with Crippen molar-refractivity contribution in [2.45, 2.75) is 19.8 Å². The summed E-state index contributed by atoms with van der Waals surface area (Å²) in [6, 6.07) is 12.3. The smallest absolute Gasteiger partial charge is 0.270 e. The molecule has 1 saturated heterocycles. The van der Waals surface area contributed by atoms with Gasteiger partial charge < -0.3 is 24.4 Å². The number of methoxy groups -OCH3 is 3. The Kier molecular flexibility index (Phi) is 7.76. The number of ether oxygens (including phenoxy) is 3. The van der Waals surface area contributed by atoms with Crippen molar-refractivity contribution in [3.05, 3.63) is 59.3 Å². The second kappa shape index (κ2) is 10.7. The highest BCUT2D eigenvalue weighted by molar-refractivity contribution is 6.05. The van der Waals surface area contributed by atoms with Crippen LogP contribution in [0.15, 0.2) is 48.2 Å². The molecule has 0 aliphatic carbocycles. The molecular formula is C25H30N2O5. The molecule has 0 aromatic heterocycles. The van der Waals surface area contributed by atoms with Crippen LogP contribution in [-0.2, 0) is 4.79 Å². The molecule has 0 unspecified atom stereocenters. The molecule has 0 saturated carbocycles. The Hall–Kier alpha value is -3.48. The number of carbonyl (C=O) groups excluding carboxylic acids is 2. The van der Waals surface area contributed by atoms with Gasteiger partial charge in [0.05, 0.1) is 21.3 Å². The number of nitrogens with one attached hydrogen (secondary N) is 1. The predicted octanol–water partition coefficient (Wildman–Crippen LogP) is 3.74. The maximum atomic E-state index is 13.4. The molecule has 2 aromatic carbocycles. The van der Waals surface area contributed by atoms with Crippen LogP contribution in [0.2, 0.25) is 0 Å². The Morgan fingerprint density at radius 1 is 0.969 bits per heavy atom. The van der Waals surface area contributed by atoms with Crippen LogP contribution in [0.25, 0.3) is 6.08 Å². The Morgan fingerprint density at radius 2 is 1.56 bits per heavy atom. The molecule has 1 N–H and O–H groups in total. The van der Waals surface area contributed by atoms with Crippen LogP contribution in [-0.4, -0.2) is 51.1 Å². The lowest BCUT2D eigenvalue weighted by Gasteiger charge is -2.31. The van der Waals surface area contributed by atoms with Crippen LogP contribution >= 0.6 is 0 Å². The monoisotopic (exact) mass is 438 g/mol. The number of amides is 2. The summed E-state index contributed by atoms with van der Waals surface area (Å²) in [5.41, 5.74) is 1.31. The summed E-state index contributed by atoms with van der Waals surface area (Å²) < 4.78 is 16.2. The fourth-order valence-corrected chi connectivity index (χ4v) is 3.67. The molecule has 0 radical (unpaired) electrons. The van der Waals surface area contributed by atoms with Gasteiger partial charge in [0, 0.05) is 18.7 Å². The van der Waals surface area contributed by atoms with Gasteiger partial charge in [0.15, 0.2) is 11.5 Å². The summed E-state index contributed by atoms with van der Waals surface area (Å²) in [7, 11) is 4.59. The van der Waals surface area contributed by atoms with Gasteiger partial charge in [0.1, 0.15) is 5.70 Å². The average Bonchev–Trinajstić information content (AvgIpc) is 2.83. The Balaban J connectivity index is 1.98. The number of piperidine rings is 1. The third-order valence-corrected chi connectivity index (χ3v) is 5.58. The van der Waals surface area contributed by atoms with Gasteiger partial charge in [-0.15, -0.1) is 0 Å². The summed E-state index contributed by atoms with van der Waals surface area (Å²) in [6.07, 6.45) is 3.53. The molecule has 1 heterocycles. The molecule has 0 spiro atoms. The lowest BCUT2D eigenvalue weighted by Crippen LogP contribution is -2.42. The van der Waals surface area contributed by atoms with Crippen LogP contribution in [0, 0.1) is 5.92 Å². The lowest BCUT2D eigenvalue weighted by atomic mass is 9.99. The first-order valence-corrected chi connectivity index (χ1v) is 10.6. The molecule has 2 aromatic rings. The van der Waals surface area contributed by atoms with Gasteiger partial charge >= 0.3 is 0 Å². The number of carbonyl (C=O) groups is 2. The summed E-state index contributed by atoms with van der Waals surface area (Å²) in [6.45, 7) is 3.51. The maximum Gasteiger partial charge on any atom is 0.270 e. The molecule has 7 heteroatoms. The maximum absolute atomic E-state index is 13.4. The van der Waals surface area contributed by atoms with E-state index in [-0.39, 0.29) is 17.5 Å². The summed E-state index contributed by atoms with van der Waals surface area (Å²) in [5.74, 6) is 1.41. The zero-order chi connectivity index (χ0) is 23.1. The quantitative estimate of drug-likeness (QED) is 0.667. The highest BCUT2D eigenvalue weighted by Crippen LogP contribution is 2.38. The van der Waals surface area contributed by atoms with Crippen LogP contribution in [0.3, 0.4) is 0 Å². The molecule has 0 bridgehead atoms. The molecule has 32 heavy (non-hydrogen) atoms. The summed E-state index contributed by atoms with van der Waals surface area (Å²) in [4.78, 5) is 28.0. The Morgan fingerprint density at radius 3 is 2.09 bits per heavy atom. The van der Waals surface area contributed by atoms with E-state index in [1.807, 2.05) is 6.07 Å². The molecule has 3 rings (SSSR count). The molecule has 170 valence electrons. The number of rotatable bonds is 7. The third kappa shape index (κ3) is 5.41. The highest BCUT2D eigenvalue weighted by atomic mass is 16.5. The first kappa shape index (κ1) is 23.2. The summed E-state index contributed by atoms with van der Waals surface area (Å²) >= 11 is 0. The van der Waals surface area contributed by atoms with Crippen molar-refractivity contribution in [2.75, 3.05) is 34.4 Å². The van der Waals surface area contributed by atoms with E-state index >= 15 is 0 Å². The fourth-order valence-electron chi connectivity index (χ4n) is 3.67. The molecule has 2 amide bonds. The van der Waals surface area contributed by atoms with Gasteiger partial charge in [-0.25, -0.2) is 0 Å². The van der Waals surface area contributed by atoms with Crippen molar-refractivity contribution >= 4 is 17.9 Å². The zero-order valence-corrected chi connectivity index (χ0v) is 19.0. The molecule has 1 aliphatic heterocycles. The number of hydrogen-bond donors (Lipinski definition) is 1. The highest BCUT2D eigenvalue weighted by Gasteiger charge is 2.25. The third-order valence-electron chi connectivity index (χ3n) is 5.58. The Bertz CT molecular complexity index is 954. The van der Waals surface area contributed by atoms with Crippen molar-refractivity contribution in [1.82, 2.24) is 10.2 Å². The van der Waals surface area contributed by atoms with E-state index in [1.54, 1.807) is 47.4 Å². The van der Waals surface area contributed by atoms with E-state index in [0.29, 0.717) is 47.4 Å². The molecular weight excluding hydrogens is 408 g/mol. The first-order chi connectivity index (χ1) is 15.5. The fraction of sp³-hybridized carbons (Fsp3) is 0.360. The Labute approximate surface area is 189 Å². The van der Waals surface area contributed by atoms with Crippen LogP contribution in [0.5, 0.6) is 17.2 Å². The van der Waals surface area contributed by atoms with Gasteiger partial charge in [-0.05, 0) is 54.7 Å². The number of likely N-dealkylation sites (tertiary alicyclic amines) is 1. The van der Waals surface area contributed by atoms with Crippen LogP contribution < -0.4 is 19.5 Å². The van der Waals surface area contributed by atoms with E-state index < -0.39 is 0 Å². The molecule has 7 nitrogen and oxygen atoms in total. The summed E-state index contributed by atoms with van der Waals surface area (Å²) in [5, 5.41) is 2.81. The average molecular weight is 439 g/mol.